The molecule has 0 bridgehead atoms. The van der Waals surface area contributed by atoms with Gasteiger partial charge in [0.25, 0.3) is 0 Å². The van der Waals surface area contributed by atoms with E-state index >= 15 is 0 Å². The average molecular weight is 181 g/mol. The minimum atomic E-state index is 0.328. The molecule has 0 unspecified atom stereocenters. The second kappa shape index (κ2) is 4.25. The Kier molecular flexibility index (Phi) is 3.01. The van der Waals surface area contributed by atoms with Gasteiger partial charge in [-0.3, -0.25) is 4.90 Å². The molecule has 74 valence electrons. The van der Waals surface area contributed by atoms with Crippen LogP contribution in [0.4, 0.5) is 0 Å². The standard InChI is InChI=1S/C11H19NO/c1-13-11-7-4-8-12(9-11)10-5-2-3-6-10/h4,7,10-11H,2-3,5-6,8-9H2,1H3/t11-/m1/s1. The molecule has 0 N–H and O–H groups in total. The molecule has 0 aromatic heterocycles. The zero-order valence-electron chi connectivity index (χ0n) is 8.41. The van der Waals surface area contributed by atoms with Gasteiger partial charge in [-0.05, 0) is 12.8 Å². The van der Waals surface area contributed by atoms with Gasteiger partial charge >= 0.3 is 0 Å². The molecule has 2 aliphatic rings. The molecule has 2 rings (SSSR count). The van der Waals surface area contributed by atoms with Gasteiger partial charge in [-0.2, -0.15) is 0 Å². The maximum Gasteiger partial charge on any atom is 0.0879 e. The molecule has 0 saturated heterocycles. The lowest BCUT2D eigenvalue weighted by Crippen LogP contribution is -2.41. The Morgan fingerprint density at radius 1 is 1.31 bits per heavy atom. The molecule has 13 heavy (non-hydrogen) atoms. The average Bonchev–Trinajstić information content (AvgIpc) is 2.71. The van der Waals surface area contributed by atoms with E-state index in [1.165, 1.54) is 25.7 Å². The summed E-state index contributed by atoms with van der Waals surface area (Å²) in [6.07, 6.45) is 10.4. The van der Waals surface area contributed by atoms with Gasteiger partial charge in [0, 0.05) is 26.2 Å². The zero-order valence-corrected chi connectivity index (χ0v) is 8.41. The summed E-state index contributed by atoms with van der Waals surface area (Å²) in [4.78, 5) is 2.57. The largest absolute Gasteiger partial charge is 0.376 e. The molecule has 1 aliphatic carbocycles. The third-order valence-corrected chi connectivity index (χ3v) is 3.25. The lowest BCUT2D eigenvalue weighted by atomic mass is 10.1. The second-order valence-corrected chi connectivity index (χ2v) is 4.09. The second-order valence-electron chi connectivity index (χ2n) is 4.09. The van der Waals surface area contributed by atoms with E-state index < -0.39 is 0 Å². The van der Waals surface area contributed by atoms with Crippen LogP contribution in [0.5, 0.6) is 0 Å². The van der Waals surface area contributed by atoms with Gasteiger partial charge in [-0.25, -0.2) is 0 Å². The van der Waals surface area contributed by atoms with Crippen LogP contribution in [0.1, 0.15) is 25.7 Å². The van der Waals surface area contributed by atoms with Crippen LogP contribution in [-0.4, -0.2) is 37.2 Å². The molecule has 1 atom stereocenters. The van der Waals surface area contributed by atoms with Gasteiger partial charge in [0.2, 0.25) is 0 Å². The minimum Gasteiger partial charge on any atom is -0.376 e. The van der Waals surface area contributed by atoms with Crippen molar-refractivity contribution in [2.75, 3.05) is 20.2 Å². The molecule has 2 nitrogen and oxygen atoms in total. The van der Waals surface area contributed by atoms with Crippen molar-refractivity contribution >= 4 is 0 Å². The maximum atomic E-state index is 5.35. The molecular formula is C11H19NO. The first-order valence-corrected chi connectivity index (χ1v) is 5.33. The summed E-state index contributed by atoms with van der Waals surface area (Å²) in [5.41, 5.74) is 0. The lowest BCUT2D eigenvalue weighted by molar-refractivity contribution is 0.0751. The fourth-order valence-corrected chi connectivity index (χ4v) is 2.44. The molecule has 0 amide bonds. The first kappa shape index (κ1) is 9.22. The molecular weight excluding hydrogens is 162 g/mol. The van der Waals surface area contributed by atoms with Crippen molar-refractivity contribution < 1.29 is 4.74 Å². The van der Waals surface area contributed by atoms with E-state index in [4.69, 9.17) is 4.74 Å². The number of hydrogen-bond donors (Lipinski definition) is 0. The van der Waals surface area contributed by atoms with Crippen molar-refractivity contribution in [3.63, 3.8) is 0 Å². The van der Waals surface area contributed by atoms with Crippen LogP contribution in [0.25, 0.3) is 0 Å². The fourth-order valence-electron chi connectivity index (χ4n) is 2.44. The lowest BCUT2D eigenvalue weighted by Gasteiger charge is -2.32. The van der Waals surface area contributed by atoms with Gasteiger partial charge in [-0.15, -0.1) is 0 Å². The summed E-state index contributed by atoms with van der Waals surface area (Å²) >= 11 is 0. The highest BCUT2D eigenvalue weighted by Crippen LogP contribution is 2.24. The smallest absolute Gasteiger partial charge is 0.0879 e. The molecule has 0 aromatic rings. The quantitative estimate of drug-likeness (QED) is 0.602. The van der Waals surface area contributed by atoms with Crippen molar-refractivity contribution in [1.82, 2.24) is 4.90 Å². The Bertz CT molecular complexity index is 185. The summed E-state index contributed by atoms with van der Waals surface area (Å²) in [5, 5.41) is 0. The Morgan fingerprint density at radius 2 is 2.08 bits per heavy atom. The molecule has 1 aliphatic heterocycles. The van der Waals surface area contributed by atoms with Crippen LogP contribution in [0, 0.1) is 0 Å². The molecule has 0 aromatic carbocycles. The van der Waals surface area contributed by atoms with Gasteiger partial charge < -0.3 is 4.74 Å². The van der Waals surface area contributed by atoms with E-state index in [2.05, 4.69) is 17.1 Å². The fraction of sp³-hybridized carbons (Fsp3) is 0.818. The number of nitrogens with zero attached hydrogens (tertiary/aromatic N) is 1. The van der Waals surface area contributed by atoms with Gasteiger partial charge in [0.05, 0.1) is 6.10 Å². The number of methoxy groups -OCH3 is 1. The predicted octanol–water partition coefficient (Wildman–Crippen LogP) is 1.82. The van der Waals surface area contributed by atoms with E-state index in [1.54, 1.807) is 7.11 Å². The van der Waals surface area contributed by atoms with Crippen LogP contribution < -0.4 is 0 Å². The Balaban J connectivity index is 1.90. The van der Waals surface area contributed by atoms with E-state index in [-0.39, 0.29) is 0 Å². The van der Waals surface area contributed by atoms with E-state index in [1.807, 2.05) is 0 Å². The summed E-state index contributed by atoms with van der Waals surface area (Å²) in [7, 11) is 1.80. The highest BCUT2D eigenvalue weighted by Gasteiger charge is 2.25. The van der Waals surface area contributed by atoms with E-state index in [0.29, 0.717) is 6.10 Å². The Morgan fingerprint density at radius 3 is 2.77 bits per heavy atom. The van der Waals surface area contributed by atoms with E-state index in [0.717, 1.165) is 19.1 Å². The molecule has 1 fully saturated rings. The minimum absolute atomic E-state index is 0.328. The number of ether oxygens (including phenoxy) is 1. The number of hydrogen-bond acceptors (Lipinski definition) is 2. The molecule has 2 heteroatoms. The molecule has 0 radical (unpaired) electrons. The van der Waals surface area contributed by atoms with Crippen LogP contribution in [0.15, 0.2) is 12.2 Å². The Hall–Kier alpha value is -0.340. The third kappa shape index (κ3) is 2.12. The van der Waals surface area contributed by atoms with Crippen molar-refractivity contribution in [2.24, 2.45) is 0 Å². The SMILES string of the molecule is CO[C@@H]1C=CCN(C2CCCC2)C1. The predicted molar refractivity (Wildman–Crippen MR) is 53.8 cm³/mol. The van der Waals surface area contributed by atoms with Crippen LogP contribution in [0.3, 0.4) is 0 Å². The molecule has 1 saturated carbocycles. The summed E-state index contributed by atoms with van der Waals surface area (Å²) < 4.78 is 5.35. The highest BCUT2D eigenvalue weighted by atomic mass is 16.5. The van der Waals surface area contributed by atoms with E-state index in [9.17, 15) is 0 Å². The number of rotatable bonds is 2. The van der Waals surface area contributed by atoms with Gasteiger partial charge in [0.1, 0.15) is 0 Å². The van der Waals surface area contributed by atoms with Crippen molar-refractivity contribution in [2.45, 2.75) is 37.8 Å². The van der Waals surface area contributed by atoms with Crippen LogP contribution >= 0.6 is 0 Å². The molecule has 1 heterocycles. The van der Waals surface area contributed by atoms with Gasteiger partial charge in [-0.1, -0.05) is 25.0 Å². The normalized spacial score (nSPS) is 31.3. The maximum absolute atomic E-state index is 5.35. The van der Waals surface area contributed by atoms with Crippen molar-refractivity contribution in [3.05, 3.63) is 12.2 Å². The van der Waals surface area contributed by atoms with Gasteiger partial charge in [0.15, 0.2) is 0 Å². The zero-order chi connectivity index (χ0) is 9.10. The third-order valence-electron chi connectivity index (χ3n) is 3.25. The molecule has 0 spiro atoms. The summed E-state index contributed by atoms with van der Waals surface area (Å²) in [6, 6.07) is 0.836. The highest BCUT2D eigenvalue weighted by molar-refractivity contribution is 5.00. The monoisotopic (exact) mass is 181 g/mol. The summed E-state index contributed by atoms with van der Waals surface area (Å²) in [5.74, 6) is 0. The first-order chi connectivity index (χ1) is 6.40. The topological polar surface area (TPSA) is 12.5 Å². The summed E-state index contributed by atoms with van der Waals surface area (Å²) in [6.45, 7) is 2.22. The Labute approximate surface area is 80.6 Å². The van der Waals surface area contributed by atoms with Crippen molar-refractivity contribution in [1.29, 1.82) is 0 Å². The van der Waals surface area contributed by atoms with Crippen LogP contribution in [-0.2, 0) is 4.74 Å². The van der Waals surface area contributed by atoms with Crippen LogP contribution in [0.2, 0.25) is 0 Å². The van der Waals surface area contributed by atoms with Crippen molar-refractivity contribution in [3.8, 4) is 0 Å². The first-order valence-electron chi connectivity index (χ1n) is 5.33.